The fraction of sp³-hybridized carbons (Fsp3) is 0.176. The van der Waals surface area contributed by atoms with Crippen molar-refractivity contribution in [2.24, 2.45) is 0 Å². The van der Waals surface area contributed by atoms with Crippen LogP contribution >= 0.6 is 0 Å². The van der Waals surface area contributed by atoms with E-state index in [1.165, 1.54) is 6.92 Å². The van der Waals surface area contributed by atoms with Crippen molar-refractivity contribution < 1.29 is 14.3 Å². The smallest absolute Gasteiger partial charge is 0.311 e. The lowest BCUT2D eigenvalue weighted by Crippen LogP contribution is -2.09. The van der Waals surface area contributed by atoms with Crippen molar-refractivity contribution in [2.75, 3.05) is 0 Å². The van der Waals surface area contributed by atoms with Crippen LogP contribution in [0.3, 0.4) is 0 Å². The molecule has 0 aromatic heterocycles. The number of carbonyl (C=O) groups excluding carboxylic acids is 2. The summed E-state index contributed by atoms with van der Waals surface area (Å²) in [5, 5.41) is 0. The van der Waals surface area contributed by atoms with Gasteiger partial charge in [-0.05, 0) is 43.2 Å². The van der Waals surface area contributed by atoms with Crippen LogP contribution in [0.25, 0.3) is 0 Å². The summed E-state index contributed by atoms with van der Waals surface area (Å²) in [6, 6.07) is 16.4. The van der Waals surface area contributed by atoms with E-state index in [1.807, 2.05) is 30.3 Å². The lowest BCUT2D eigenvalue weighted by Gasteiger charge is -2.05. The van der Waals surface area contributed by atoms with Crippen molar-refractivity contribution in [1.82, 2.24) is 0 Å². The minimum Gasteiger partial charge on any atom is -0.427 e. The molecule has 2 aromatic carbocycles. The van der Waals surface area contributed by atoms with Gasteiger partial charge in [-0.25, -0.2) is 0 Å². The van der Waals surface area contributed by atoms with E-state index in [0.29, 0.717) is 24.2 Å². The average molecular weight is 268 g/mol. The second kappa shape index (κ2) is 6.66. The second-order valence-corrected chi connectivity index (χ2v) is 4.54. The maximum atomic E-state index is 11.7. The fourth-order valence-corrected chi connectivity index (χ4v) is 1.83. The van der Waals surface area contributed by atoms with Crippen LogP contribution in [0.15, 0.2) is 54.6 Å². The van der Waals surface area contributed by atoms with E-state index >= 15 is 0 Å². The summed E-state index contributed by atoms with van der Waals surface area (Å²) in [4.78, 5) is 22.8. The lowest BCUT2D eigenvalue weighted by atomic mass is 10.1. The Hall–Kier alpha value is -2.42. The molecule has 102 valence electrons. The highest BCUT2D eigenvalue weighted by molar-refractivity contribution is 5.94. The van der Waals surface area contributed by atoms with Crippen LogP contribution in [0.1, 0.15) is 29.3 Å². The standard InChI is InChI=1S/C17H16O3/c1-13(18)15-8-10-16(11-9-15)20-17(19)12-7-14-5-3-2-4-6-14/h2-6,8-11H,7,12H2,1H3. The monoisotopic (exact) mass is 268 g/mol. The third-order valence-corrected chi connectivity index (χ3v) is 2.95. The molecule has 2 aromatic rings. The largest absolute Gasteiger partial charge is 0.427 e. The molecule has 20 heavy (non-hydrogen) atoms. The zero-order chi connectivity index (χ0) is 14.4. The van der Waals surface area contributed by atoms with Gasteiger partial charge in [0.25, 0.3) is 0 Å². The molecule has 3 nitrogen and oxygen atoms in total. The molecule has 0 saturated carbocycles. The zero-order valence-corrected chi connectivity index (χ0v) is 11.3. The zero-order valence-electron chi connectivity index (χ0n) is 11.3. The van der Waals surface area contributed by atoms with Crippen molar-refractivity contribution >= 4 is 11.8 Å². The predicted octanol–water partition coefficient (Wildman–Crippen LogP) is 3.43. The van der Waals surface area contributed by atoms with E-state index in [-0.39, 0.29) is 11.8 Å². The predicted molar refractivity (Wildman–Crippen MR) is 76.8 cm³/mol. The highest BCUT2D eigenvalue weighted by atomic mass is 16.5. The summed E-state index contributed by atoms with van der Waals surface area (Å²) in [6.07, 6.45) is 0.990. The molecule has 0 aliphatic carbocycles. The molecule has 2 rings (SSSR count). The number of benzene rings is 2. The quantitative estimate of drug-likeness (QED) is 0.474. The van der Waals surface area contributed by atoms with E-state index in [0.717, 1.165) is 5.56 Å². The summed E-state index contributed by atoms with van der Waals surface area (Å²) < 4.78 is 5.22. The van der Waals surface area contributed by atoms with Crippen molar-refractivity contribution in [3.63, 3.8) is 0 Å². The Kier molecular flexibility index (Phi) is 4.66. The van der Waals surface area contributed by atoms with Crippen LogP contribution in [0.2, 0.25) is 0 Å². The van der Waals surface area contributed by atoms with Gasteiger partial charge in [0, 0.05) is 12.0 Å². The molecule has 0 amide bonds. The number of rotatable bonds is 5. The molecule has 0 spiro atoms. The van der Waals surface area contributed by atoms with Gasteiger partial charge >= 0.3 is 5.97 Å². The molecule has 0 aliphatic heterocycles. The number of hydrogen-bond donors (Lipinski definition) is 0. The third kappa shape index (κ3) is 4.05. The van der Waals surface area contributed by atoms with Crippen LogP contribution in [0.4, 0.5) is 0 Å². The molecule has 0 atom stereocenters. The summed E-state index contributed by atoms with van der Waals surface area (Å²) in [7, 11) is 0. The maximum absolute atomic E-state index is 11.7. The molecule has 0 radical (unpaired) electrons. The van der Waals surface area contributed by atoms with E-state index < -0.39 is 0 Å². The molecule has 0 N–H and O–H groups in total. The topological polar surface area (TPSA) is 43.4 Å². The second-order valence-electron chi connectivity index (χ2n) is 4.54. The highest BCUT2D eigenvalue weighted by Crippen LogP contribution is 2.14. The van der Waals surface area contributed by atoms with E-state index in [1.54, 1.807) is 24.3 Å². The molecule has 3 heteroatoms. The van der Waals surface area contributed by atoms with Gasteiger partial charge in [-0.15, -0.1) is 0 Å². The molecular formula is C17H16O3. The first kappa shape index (κ1) is 14.0. The third-order valence-electron chi connectivity index (χ3n) is 2.95. The van der Waals surface area contributed by atoms with Gasteiger partial charge in [-0.3, -0.25) is 9.59 Å². The van der Waals surface area contributed by atoms with Gasteiger partial charge in [-0.2, -0.15) is 0 Å². The number of aryl methyl sites for hydroxylation is 1. The van der Waals surface area contributed by atoms with E-state index in [9.17, 15) is 9.59 Å². The Balaban J connectivity index is 1.86. The summed E-state index contributed by atoms with van der Waals surface area (Å²) in [6.45, 7) is 1.50. The van der Waals surface area contributed by atoms with Crippen molar-refractivity contribution in [1.29, 1.82) is 0 Å². The molecule has 0 fully saturated rings. The first-order valence-electron chi connectivity index (χ1n) is 6.51. The van der Waals surface area contributed by atoms with Crippen molar-refractivity contribution in [3.8, 4) is 5.75 Å². The fourth-order valence-electron chi connectivity index (χ4n) is 1.83. The minimum absolute atomic E-state index is 0.00745. The van der Waals surface area contributed by atoms with E-state index in [2.05, 4.69) is 0 Å². The van der Waals surface area contributed by atoms with Crippen LogP contribution in [0.5, 0.6) is 5.75 Å². The first-order valence-corrected chi connectivity index (χ1v) is 6.51. The van der Waals surface area contributed by atoms with Crippen molar-refractivity contribution in [3.05, 3.63) is 65.7 Å². The maximum Gasteiger partial charge on any atom is 0.311 e. The van der Waals surface area contributed by atoms with Gasteiger partial charge in [0.2, 0.25) is 0 Å². The number of esters is 1. The summed E-state index contributed by atoms with van der Waals surface area (Å²) in [5.41, 5.74) is 1.71. The number of carbonyl (C=O) groups is 2. The highest BCUT2D eigenvalue weighted by Gasteiger charge is 2.06. The Morgan fingerprint density at radius 1 is 0.950 bits per heavy atom. The van der Waals surface area contributed by atoms with Gasteiger partial charge < -0.3 is 4.74 Å². The molecule has 0 saturated heterocycles. The molecule has 0 bridgehead atoms. The molecule has 0 heterocycles. The van der Waals surface area contributed by atoms with Crippen molar-refractivity contribution in [2.45, 2.75) is 19.8 Å². The Labute approximate surface area is 118 Å². The number of hydrogen-bond acceptors (Lipinski definition) is 3. The van der Waals surface area contributed by atoms with Crippen LogP contribution in [-0.2, 0) is 11.2 Å². The first-order chi connectivity index (χ1) is 9.65. The van der Waals surface area contributed by atoms with Gasteiger partial charge in [0.05, 0.1) is 0 Å². The molecular weight excluding hydrogens is 252 g/mol. The number of Topliss-reactive ketones (excluding diaryl/α,β-unsaturated/α-hetero) is 1. The summed E-state index contributed by atoms with van der Waals surface area (Å²) >= 11 is 0. The van der Waals surface area contributed by atoms with Crippen LogP contribution in [-0.4, -0.2) is 11.8 Å². The SMILES string of the molecule is CC(=O)c1ccc(OC(=O)CCc2ccccc2)cc1. The summed E-state index contributed by atoms with van der Waals surface area (Å²) in [5.74, 6) is 0.185. The molecule has 0 aliphatic rings. The van der Waals surface area contributed by atoms with Gasteiger partial charge in [0.15, 0.2) is 5.78 Å². The number of ketones is 1. The van der Waals surface area contributed by atoms with Crippen LogP contribution in [0, 0.1) is 0 Å². The Morgan fingerprint density at radius 3 is 2.20 bits per heavy atom. The Bertz CT molecular complexity index is 585. The average Bonchev–Trinajstić information content (AvgIpc) is 2.47. The molecule has 0 unspecified atom stereocenters. The van der Waals surface area contributed by atoms with Gasteiger partial charge in [0.1, 0.15) is 5.75 Å². The van der Waals surface area contributed by atoms with Gasteiger partial charge in [-0.1, -0.05) is 30.3 Å². The normalized spacial score (nSPS) is 10.1. The Morgan fingerprint density at radius 2 is 1.60 bits per heavy atom. The minimum atomic E-state index is -0.274. The number of ether oxygens (including phenoxy) is 1. The lowest BCUT2D eigenvalue weighted by molar-refractivity contribution is -0.134. The van der Waals surface area contributed by atoms with E-state index in [4.69, 9.17) is 4.74 Å². The van der Waals surface area contributed by atoms with Crippen LogP contribution < -0.4 is 4.74 Å².